The summed E-state index contributed by atoms with van der Waals surface area (Å²) in [4.78, 5) is 28.0. The molecule has 20 heavy (non-hydrogen) atoms. The van der Waals surface area contributed by atoms with Crippen LogP contribution in [0.2, 0.25) is 0 Å². The largest absolute Gasteiger partial charge is 0.379 e. The van der Waals surface area contributed by atoms with E-state index >= 15 is 0 Å². The van der Waals surface area contributed by atoms with E-state index in [9.17, 15) is 9.59 Å². The zero-order valence-corrected chi connectivity index (χ0v) is 11.9. The van der Waals surface area contributed by atoms with Crippen molar-refractivity contribution in [1.29, 1.82) is 0 Å². The first-order valence-corrected chi connectivity index (χ1v) is 7.15. The monoisotopic (exact) mass is 285 g/mol. The quantitative estimate of drug-likeness (QED) is 0.686. The molecule has 0 aromatic heterocycles. The van der Waals surface area contributed by atoms with Gasteiger partial charge in [0.05, 0.1) is 25.9 Å². The Labute approximate surface area is 119 Å². The van der Waals surface area contributed by atoms with Gasteiger partial charge in [0, 0.05) is 26.2 Å². The summed E-state index contributed by atoms with van der Waals surface area (Å²) in [6.45, 7) is 5.35. The lowest BCUT2D eigenvalue weighted by molar-refractivity contribution is -0.149. The minimum Gasteiger partial charge on any atom is -0.379 e. The smallest absolute Gasteiger partial charge is 0.247 e. The second-order valence-electron chi connectivity index (χ2n) is 5.04. The Morgan fingerprint density at radius 3 is 2.70 bits per heavy atom. The summed E-state index contributed by atoms with van der Waals surface area (Å²) in [6, 6.07) is -1.05. The van der Waals surface area contributed by atoms with E-state index in [1.54, 1.807) is 9.80 Å². The third-order valence-corrected chi connectivity index (χ3v) is 3.75. The van der Waals surface area contributed by atoms with Gasteiger partial charge in [0.25, 0.3) is 0 Å². The highest BCUT2D eigenvalue weighted by molar-refractivity contribution is 5.91. The van der Waals surface area contributed by atoms with Crippen molar-refractivity contribution in [3.05, 3.63) is 0 Å². The zero-order valence-electron chi connectivity index (χ0n) is 11.9. The molecule has 0 aliphatic carbocycles. The van der Waals surface area contributed by atoms with Crippen LogP contribution >= 0.6 is 0 Å². The summed E-state index contributed by atoms with van der Waals surface area (Å²) in [5.41, 5.74) is 5.74. The number of likely N-dealkylation sites (tertiary alicyclic amines) is 1. The SMILES string of the molecule is CCOC[C@@H](C(=O)N1CCOCC1)N1CC[C@H](N)C1=O. The molecule has 2 N–H and O–H groups in total. The lowest BCUT2D eigenvalue weighted by Crippen LogP contribution is -2.55. The number of ether oxygens (including phenoxy) is 2. The molecular formula is C13H23N3O4. The second-order valence-corrected chi connectivity index (χ2v) is 5.04. The van der Waals surface area contributed by atoms with E-state index in [0.717, 1.165) is 0 Å². The molecule has 0 saturated carbocycles. The van der Waals surface area contributed by atoms with Gasteiger partial charge < -0.3 is 25.0 Å². The Bertz CT molecular complexity index is 358. The summed E-state index contributed by atoms with van der Waals surface area (Å²) in [7, 11) is 0. The Balaban J connectivity index is 2.05. The Kier molecular flexibility index (Phi) is 5.33. The highest BCUT2D eigenvalue weighted by Gasteiger charge is 2.39. The van der Waals surface area contributed by atoms with Crippen molar-refractivity contribution in [1.82, 2.24) is 9.80 Å². The molecule has 0 aromatic carbocycles. The zero-order chi connectivity index (χ0) is 14.5. The number of nitrogens with zero attached hydrogens (tertiary/aromatic N) is 2. The number of nitrogens with two attached hydrogens (primary N) is 1. The van der Waals surface area contributed by atoms with E-state index in [1.807, 2.05) is 6.92 Å². The Morgan fingerprint density at radius 1 is 1.45 bits per heavy atom. The van der Waals surface area contributed by atoms with Crippen LogP contribution in [0.25, 0.3) is 0 Å². The van der Waals surface area contributed by atoms with Gasteiger partial charge in [0.2, 0.25) is 11.8 Å². The molecule has 2 fully saturated rings. The second kappa shape index (κ2) is 7.01. The first-order chi connectivity index (χ1) is 9.65. The van der Waals surface area contributed by atoms with E-state index in [1.165, 1.54) is 0 Å². The molecule has 2 heterocycles. The van der Waals surface area contributed by atoms with Gasteiger partial charge in [-0.25, -0.2) is 0 Å². The van der Waals surface area contributed by atoms with E-state index in [0.29, 0.717) is 45.9 Å². The molecule has 7 heteroatoms. The van der Waals surface area contributed by atoms with Crippen LogP contribution in [0.15, 0.2) is 0 Å². The van der Waals surface area contributed by atoms with E-state index in [2.05, 4.69) is 0 Å². The molecule has 0 radical (unpaired) electrons. The van der Waals surface area contributed by atoms with E-state index in [-0.39, 0.29) is 18.4 Å². The molecule has 114 valence electrons. The molecule has 2 saturated heterocycles. The van der Waals surface area contributed by atoms with Crippen LogP contribution in [0.1, 0.15) is 13.3 Å². The molecule has 0 spiro atoms. The predicted molar refractivity (Wildman–Crippen MR) is 72.0 cm³/mol. The maximum absolute atomic E-state index is 12.6. The molecule has 7 nitrogen and oxygen atoms in total. The van der Waals surface area contributed by atoms with Crippen LogP contribution in [0, 0.1) is 0 Å². The standard InChI is InChI=1S/C13H23N3O4/c1-2-19-9-11(16-4-3-10(14)12(16)17)13(18)15-5-7-20-8-6-15/h10-11H,2-9,14H2,1H3/t10-,11-/m0/s1. The van der Waals surface area contributed by atoms with Crippen molar-refractivity contribution in [2.45, 2.75) is 25.4 Å². The third-order valence-electron chi connectivity index (χ3n) is 3.75. The van der Waals surface area contributed by atoms with Crippen LogP contribution in [0.4, 0.5) is 0 Å². The fraction of sp³-hybridized carbons (Fsp3) is 0.846. The Morgan fingerprint density at radius 2 is 2.15 bits per heavy atom. The molecule has 2 aliphatic rings. The first-order valence-electron chi connectivity index (χ1n) is 7.15. The average Bonchev–Trinajstić information content (AvgIpc) is 2.81. The number of hydrogen-bond acceptors (Lipinski definition) is 5. The minimum absolute atomic E-state index is 0.0656. The van der Waals surface area contributed by atoms with Crippen molar-refractivity contribution >= 4 is 11.8 Å². The fourth-order valence-corrected chi connectivity index (χ4v) is 2.55. The van der Waals surface area contributed by atoms with Crippen LogP contribution in [0.5, 0.6) is 0 Å². The maximum atomic E-state index is 12.6. The molecular weight excluding hydrogens is 262 g/mol. The van der Waals surface area contributed by atoms with E-state index < -0.39 is 12.1 Å². The van der Waals surface area contributed by atoms with Crippen molar-refractivity contribution < 1.29 is 19.1 Å². The normalized spacial score (nSPS) is 25.1. The van der Waals surface area contributed by atoms with Gasteiger partial charge in [-0.1, -0.05) is 0 Å². The highest BCUT2D eigenvalue weighted by atomic mass is 16.5. The van der Waals surface area contributed by atoms with Crippen LogP contribution in [0.3, 0.4) is 0 Å². The summed E-state index contributed by atoms with van der Waals surface area (Å²) < 4.78 is 10.6. The van der Waals surface area contributed by atoms with Crippen molar-refractivity contribution in [3.63, 3.8) is 0 Å². The van der Waals surface area contributed by atoms with Gasteiger partial charge in [-0.05, 0) is 13.3 Å². The fourth-order valence-electron chi connectivity index (χ4n) is 2.55. The number of rotatable bonds is 5. The average molecular weight is 285 g/mol. The minimum atomic E-state index is -0.561. The number of hydrogen-bond donors (Lipinski definition) is 1. The summed E-state index contributed by atoms with van der Waals surface area (Å²) in [5, 5.41) is 0. The maximum Gasteiger partial charge on any atom is 0.247 e. The molecule has 0 bridgehead atoms. The van der Waals surface area contributed by atoms with Gasteiger partial charge in [0.1, 0.15) is 6.04 Å². The van der Waals surface area contributed by atoms with Crippen LogP contribution in [-0.4, -0.2) is 79.8 Å². The molecule has 2 amide bonds. The Hall–Kier alpha value is -1.18. The first kappa shape index (κ1) is 15.2. The topological polar surface area (TPSA) is 85.1 Å². The summed E-state index contributed by atoms with van der Waals surface area (Å²) in [6.07, 6.45) is 0.595. The third kappa shape index (κ3) is 3.28. The van der Waals surface area contributed by atoms with Crippen LogP contribution < -0.4 is 5.73 Å². The van der Waals surface area contributed by atoms with Crippen molar-refractivity contribution in [2.24, 2.45) is 5.73 Å². The van der Waals surface area contributed by atoms with Gasteiger partial charge in [-0.2, -0.15) is 0 Å². The highest BCUT2D eigenvalue weighted by Crippen LogP contribution is 2.16. The lowest BCUT2D eigenvalue weighted by Gasteiger charge is -2.34. The van der Waals surface area contributed by atoms with Gasteiger partial charge >= 0.3 is 0 Å². The number of morpholine rings is 1. The van der Waals surface area contributed by atoms with Gasteiger partial charge in [-0.15, -0.1) is 0 Å². The van der Waals surface area contributed by atoms with Crippen molar-refractivity contribution in [3.8, 4) is 0 Å². The molecule has 2 rings (SSSR count). The molecule has 0 aromatic rings. The number of carbonyl (C=O) groups excluding carboxylic acids is 2. The molecule has 0 unspecified atom stereocenters. The molecule has 2 atom stereocenters. The lowest BCUT2D eigenvalue weighted by atomic mass is 10.2. The van der Waals surface area contributed by atoms with Gasteiger partial charge in [-0.3, -0.25) is 9.59 Å². The predicted octanol–water partition coefficient (Wildman–Crippen LogP) is -1.19. The van der Waals surface area contributed by atoms with Gasteiger partial charge in [0.15, 0.2) is 0 Å². The summed E-state index contributed by atoms with van der Waals surface area (Å²) >= 11 is 0. The molecule has 2 aliphatic heterocycles. The summed E-state index contributed by atoms with van der Waals surface area (Å²) in [5.74, 6) is -0.222. The number of amides is 2. The van der Waals surface area contributed by atoms with Crippen LogP contribution in [-0.2, 0) is 19.1 Å². The van der Waals surface area contributed by atoms with E-state index in [4.69, 9.17) is 15.2 Å². The van der Waals surface area contributed by atoms with Crippen molar-refractivity contribution in [2.75, 3.05) is 46.1 Å². The number of carbonyl (C=O) groups is 2.